The van der Waals surface area contributed by atoms with Gasteiger partial charge < -0.3 is 4.98 Å². The molecule has 1 N–H and O–H groups in total. The number of aromatic nitrogens is 1. The van der Waals surface area contributed by atoms with E-state index in [4.69, 9.17) is 0 Å². The number of carbonyl (C=O) groups excluding carboxylic acids is 1. The fourth-order valence-electron chi connectivity index (χ4n) is 2.21. The van der Waals surface area contributed by atoms with Crippen molar-refractivity contribution in [1.29, 1.82) is 0 Å². The summed E-state index contributed by atoms with van der Waals surface area (Å²) >= 11 is 3.41. The van der Waals surface area contributed by atoms with E-state index in [2.05, 4.69) is 20.9 Å². The van der Waals surface area contributed by atoms with Crippen LogP contribution < -0.4 is 0 Å². The molecule has 0 saturated carbocycles. The minimum Gasteiger partial charge on any atom is -0.360 e. The SMILES string of the molecule is O=C(Cc1ccc(F)cc1)c1c[nH]c2ccc(Br)cc12. The standard InChI is InChI=1S/C16H11BrFNO/c17-11-3-6-15-13(8-11)14(9-19-15)16(20)7-10-1-4-12(18)5-2-10/h1-6,8-9,19H,7H2. The molecule has 0 bridgehead atoms. The van der Waals surface area contributed by atoms with E-state index in [0.29, 0.717) is 5.56 Å². The smallest absolute Gasteiger partial charge is 0.169 e. The van der Waals surface area contributed by atoms with Crippen LogP contribution in [0.1, 0.15) is 15.9 Å². The first-order valence-electron chi connectivity index (χ1n) is 6.18. The average molecular weight is 332 g/mol. The van der Waals surface area contributed by atoms with Crippen LogP contribution >= 0.6 is 15.9 Å². The van der Waals surface area contributed by atoms with Crippen molar-refractivity contribution in [2.45, 2.75) is 6.42 Å². The largest absolute Gasteiger partial charge is 0.360 e. The second kappa shape index (κ2) is 5.21. The molecule has 0 amide bonds. The predicted octanol–water partition coefficient (Wildman–Crippen LogP) is 4.49. The van der Waals surface area contributed by atoms with Gasteiger partial charge in [-0.1, -0.05) is 28.1 Å². The summed E-state index contributed by atoms with van der Waals surface area (Å²) < 4.78 is 13.8. The van der Waals surface area contributed by atoms with Gasteiger partial charge in [-0.2, -0.15) is 0 Å². The second-order valence-corrected chi connectivity index (χ2v) is 5.53. The molecule has 2 nitrogen and oxygen atoms in total. The summed E-state index contributed by atoms with van der Waals surface area (Å²) in [4.78, 5) is 15.4. The third kappa shape index (κ3) is 2.51. The van der Waals surface area contributed by atoms with Crippen LogP contribution in [0.3, 0.4) is 0 Å². The maximum absolute atomic E-state index is 12.9. The number of benzene rings is 2. The molecule has 1 aromatic heterocycles. The predicted molar refractivity (Wildman–Crippen MR) is 80.4 cm³/mol. The molecule has 1 heterocycles. The first kappa shape index (κ1) is 13.1. The molecule has 3 rings (SSSR count). The number of ketones is 1. The molecule has 2 aromatic carbocycles. The molecule has 0 spiro atoms. The summed E-state index contributed by atoms with van der Waals surface area (Å²) in [6.07, 6.45) is 1.99. The first-order valence-corrected chi connectivity index (χ1v) is 6.97. The number of Topliss-reactive ketones (excluding diaryl/α,β-unsaturated/α-hetero) is 1. The highest BCUT2D eigenvalue weighted by Crippen LogP contribution is 2.23. The van der Waals surface area contributed by atoms with Gasteiger partial charge in [-0.25, -0.2) is 4.39 Å². The molecular weight excluding hydrogens is 321 g/mol. The van der Waals surface area contributed by atoms with Gasteiger partial charge in [-0.05, 0) is 35.9 Å². The molecule has 0 aliphatic heterocycles. The van der Waals surface area contributed by atoms with Gasteiger partial charge in [-0.3, -0.25) is 4.79 Å². The molecule has 0 aliphatic rings. The lowest BCUT2D eigenvalue weighted by Crippen LogP contribution is -2.02. The zero-order valence-electron chi connectivity index (χ0n) is 10.5. The van der Waals surface area contributed by atoms with Crippen LogP contribution in [0.25, 0.3) is 10.9 Å². The summed E-state index contributed by atoms with van der Waals surface area (Å²) in [7, 11) is 0. The second-order valence-electron chi connectivity index (χ2n) is 4.62. The minimum absolute atomic E-state index is 0.0148. The summed E-state index contributed by atoms with van der Waals surface area (Å²) in [5, 5.41) is 0.895. The van der Waals surface area contributed by atoms with Gasteiger partial charge in [0.1, 0.15) is 5.82 Å². The Morgan fingerprint density at radius 1 is 1.15 bits per heavy atom. The molecule has 0 unspecified atom stereocenters. The maximum Gasteiger partial charge on any atom is 0.169 e. The van der Waals surface area contributed by atoms with E-state index in [1.165, 1.54) is 12.1 Å². The topological polar surface area (TPSA) is 32.9 Å². The van der Waals surface area contributed by atoms with Crippen molar-refractivity contribution in [1.82, 2.24) is 4.98 Å². The summed E-state index contributed by atoms with van der Waals surface area (Å²) in [5.74, 6) is -0.279. The van der Waals surface area contributed by atoms with E-state index >= 15 is 0 Å². The lowest BCUT2D eigenvalue weighted by atomic mass is 10.0. The molecule has 0 fully saturated rings. The summed E-state index contributed by atoms with van der Waals surface area (Å²) in [5.41, 5.74) is 2.39. The van der Waals surface area contributed by atoms with Gasteiger partial charge in [0.25, 0.3) is 0 Å². The number of aromatic amines is 1. The van der Waals surface area contributed by atoms with Crippen LogP contribution in [0.4, 0.5) is 4.39 Å². The van der Waals surface area contributed by atoms with Crippen LogP contribution in [0, 0.1) is 5.82 Å². The Morgan fingerprint density at radius 3 is 2.65 bits per heavy atom. The Labute approximate surface area is 123 Å². The molecule has 0 saturated heterocycles. The van der Waals surface area contributed by atoms with Crippen molar-refractivity contribution in [2.75, 3.05) is 0 Å². The molecule has 4 heteroatoms. The van der Waals surface area contributed by atoms with Gasteiger partial charge in [0.2, 0.25) is 0 Å². The fraction of sp³-hybridized carbons (Fsp3) is 0.0625. The lowest BCUT2D eigenvalue weighted by Gasteiger charge is -2.01. The zero-order valence-corrected chi connectivity index (χ0v) is 12.1. The highest BCUT2D eigenvalue weighted by Gasteiger charge is 2.13. The van der Waals surface area contributed by atoms with Gasteiger partial charge in [0, 0.05) is 33.6 Å². The van der Waals surface area contributed by atoms with Crippen molar-refractivity contribution in [3.8, 4) is 0 Å². The average Bonchev–Trinajstić information content (AvgIpc) is 2.84. The Bertz CT molecular complexity index is 777. The van der Waals surface area contributed by atoms with E-state index < -0.39 is 0 Å². The van der Waals surface area contributed by atoms with Crippen LogP contribution in [0.5, 0.6) is 0 Å². The fourth-order valence-corrected chi connectivity index (χ4v) is 2.57. The van der Waals surface area contributed by atoms with Gasteiger partial charge in [0.05, 0.1) is 0 Å². The van der Waals surface area contributed by atoms with Crippen LogP contribution in [0.2, 0.25) is 0 Å². The normalized spacial score (nSPS) is 10.9. The number of halogens is 2. The van der Waals surface area contributed by atoms with Gasteiger partial charge >= 0.3 is 0 Å². The quantitative estimate of drug-likeness (QED) is 0.704. The van der Waals surface area contributed by atoms with Crippen molar-refractivity contribution in [3.63, 3.8) is 0 Å². The highest BCUT2D eigenvalue weighted by atomic mass is 79.9. The van der Waals surface area contributed by atoms with Crippen molar-refractivity contribution >= 4 is 32.6 Å². The lowest BCUT2D eigenvalue weighted by molar-refractivity contribution is 0.0994. The molecule has 0 aliphatic carbocycles. The van der Waals surface area contributed by atoms with Crippen LogP contribution in [0.15, 0.2) is 53.1 Å². The number of rotatable bonds is 3. The maximum atomic E-state index is 12.9. The molecule has 0 radical (unpaired) electrons. The number of nitrogens with one attached hydrogen (secondary N) is 1. The Morgan fingerprint density at radius 2 is 1.90 bits per heavy atom. The number of hydrogen-bond acceptors (Lipinski definition) is 1. The van der Waals surface area contributed by atoms with Crippen LogP contribution in [-0.4, -0.2) is 10.8 Å². The van der Waals surface area contributed by atoms with Crippen molar-refractivity contribution in [3.05, 3.63) is 70.1 Å². The van der Waals surface area contributed by atoms with E-state index in [1.54, 1.807) is 18.3 Å². The third-order valence-electron chi connectivity index (χ3n) is 3.22. The van der Waals surface area contributed by atoms with E-state index in [-0.39, 0.29) is 18.0 Å². The molecule has 100 valence electrons. The molecule has 3 aromatic rings. The Balaban J connectivity index is 1.92. The Hall–Kier alpha value is -1.94. The van der Waals surface area contributed by atoms with E-state index in [9.17, 15) is 9.18 Å². The third-order valence-corrected chi connectivity index (χ3v) is 3.72. The molecule has 20 heavy (non-hydrogen) atoms. The summed E-state index contributed by atoms with van der Waals surface area (Å²) in [6, 6.07) is 11.8. The van der Waals surface area contributed by atoms with Crippen LogP contribution in [-0.2, 0) is 6.42 Å². The molecular formula is C16H11BrFNO. The van der Waals surface area contributed by atoms with Crippen molar-refractivity contribution < 1.29 is 9.18 Å². The van der Waals surface area contributed by atoms with Gasteiger partial charge in [-0.15, -0.1) is 0 Å². The first-order chi connectivity index (χ1) is 9.63. The number of carbonyl (C=O) groups is 1. The highest BCUT2D eigenvalue weighted by molar-refractivity contribution is 9.10. The Kier molecular flexibility index (Phi) is 3.40. The minimum atomic E-state index is -0.294. The number of hydrogen-bond donors (Lipinski definition) is 1. The van der Waals surface area contributed by atoms with E-state index in [1.807, 2.05) is 18.2 Å². The zero-order chi connectivity index (χ0) is 14.1. The summed E-state index contributed by atoms with van der Waals surface area (Å²) in [6.45, 7) is 0. The molecule has 0 atom stereocenters. The van der Waals surface area contributed by atoms with Gasteiger partial charge in [0.15, 0.2) is 5.78 Å². The van der Waals surface area contributed by atoms with Crippen molar-refractivity contribution in [2.24, 2.45) is 0 Å². The van der Waals surface area contributed by atoms with E-state index in [0.717, 1.165) is 20.9 Å². The number of fused-ring (bicyclic) bond motifs is 1. The number of H-pyrrole nitrogens is 1. The monoisotopic (exact) mass is 331 g/mol.